The van der Waals surface area contributed by atoms with Gasteiger partial charge in [-0.3, -0.25) is 0 Å². The first-order valence-corrected chi connectivity index (χ1v) is 8.15. The van der Waals surface area contributed by atoms with E-state index in [2.05, 4.69) is 23.7 Å². The quantitative estimate of drug-likeness (QED) is 0.873. The average molecular weight is 292 g/mol. The highest BCUT2D eigenvalue weighted by Gasteiger charge is 2.23. The molecule has 1 atom stereocenters. The third-order valence-electron chi connectivity index (χ3n) is 3.91. The molecule has 2 N–H and O–H groups in total. The van der Waals surface area contributed by atoms with Crippen molar-refractivity contribution in [3.8, 4) is 0 Å². The molecule has 1 aliphatic rings. The minimum atomic E-state index is 0.309. The fourth-order valence-corrected chi connectivity index (χ4v) is 2.76. The molecule has 5 heteroatoms. The zero-order valence-corrected chi connectivity index (χ0v) is 13.6. The van der Waals surface area contributed by atoms with Gasteiger partial charge in [0.1, 0.15) is 17.5 Å². The molecular weight excluding hydrogens is 264 g/mol. The molecule has 0 amide bonds. The standard InChI is InChI=1S/C16H28N4O/c1-4-7-14-18-15(17)12(3)16(19-14)20-9-6-8-13(11-20)21-10-5-2/h13H,4-11H2,1-3H3,(H2,17,18,19). The van der Waals surface area contributed by atoms with Crippen LogP contribution < -0.4 is 10.6 Å². The molecule has 1 fully saturated rings. The molecule has 2 rings (SSSR count). The largest absolute Gasteiger partial charge is 0.383 e. The highest BCUT2D eigenvalue weighted by atomic mass is 16.5. The summed E-state index contributed by atoms with van der Waals surface area (Å²) in [5, 5.41) is 0. The van der Waals surface area contributed by atoms with Gasteiger partial charge in [-0.1, -0.05) is 13.8 Å². The van der Waals surface area contributed by atoms with Crippen molar-refractivity contribution in [3.63, 3.8) is 0 Å². The molecule has 0 bridgehead atoms. The van der Waals surface area contributed by atoms with E-state index in [9.17, 15) is 0 Å². The first-order chi connectivity index (χ1) is 10.2. The van der Waals surface area contributed by atoms with Crippen LogP contribution in [0.4, 0.5) is 11.6 Å². The monoisotopic (exact) mass is 292 g/mol. The van der Waals surface area contributed by atoms with Crippen LogP contribution in [0.5, 0.6) is 0 Å². The van der Waals surface area contributed by atoms with Gasteiger partial charge in [-0.25, -0.2) is 9.97 Å². The number of aromatic nitrogens is 2. The molecule has 1 saturated heterocycles. The third-order valence-corrected chi connectivity index (χ3v) is 3.91. The number of piperidine rings is 1. The third kappa shape index (κ3) is 4.06. The van der Waals surface area contributed by atoms with Crippen LogP contribution in [0.3, 0.4) is 0 Å². The zero-order chi connectivity index (χ0) is 15.2. The summed E-state index contributed by atoms with van der Waals surface area (Å²) < 4.78 is 5.92. The van der Waals surface area contributed by atoms with Crippen LogP contribution in [-0.2, 0) is 11.2 Å². The molecule has 1 aliphatic heterocycles. The minimum absolute atomic E-state index is 0.309. The lowest BCUT2D eigenvalue weighted by molar-refractivity contribution is 0.0439. The van der Waals surface area contributed by atoms with Crippen LogP contribution in [-0.4, -0.2) is 35.8 Å². The fraction of sp³-hybridized carbons (Fsp3) is 0.750. The molecule has 1 aromatic rings. The van der Waals surface area contributed by atoms with Gasteiger partial charge in [0, 0.05) is 31.7 Å². The smallest absolute Gasteiger partial charge is 0.137 e. The van der Waals surface area contributed by atoms with Crippen molar-refractivity contribution in [1.29, 1.82) is 0 Å². The van der Waals surface area contributed by atoms with Crippen molar-refractivity contribution in [3.05, 3.63) is 11.4 Å². The molecule has 0 saturated carbocycles. The van der Waals surface area contributed by atoms with E-state index in [1.54, 1.807) is 0 Å². The van der Waals surface area contributed by atoms with E-state index in [1.807, 2.05) is 6.92 Å². The van der Waals surface area contributed by atoms with Crippen LogP contribution in [0.25, 0.3) is 0 Å². The normalized spacial score (nSPS) is 19.0. The lowest BCUT2D eigenvalue weighted by atomic mass is 10.1. The lowest BCUT2D eigenvalue weighted by Gasteiger charge is -2.34. The van der Waals surface area contributed by atoms with E-state index in [4.69, 9.17) is 15.5 Å². The number of hydrogen-bond acceptors (Lipinski definition) is 5. The van der Waals surface area contributed by atoms with Gasteiger partial charge in [-0.05, 0) is 32.6 Å². The number of ether oxygens (including phenoxy) is 1. The highest BCUT2D eigenvalue weighted by molar-refractivity contribution is 5.56. The molecule has 1 aromatic heterocycles. The SMILES string of the molecule is CCCOC1CCCN(c2nc(CCC)nc(N)c2C)C1. The number of aryl methyl sites for hydroxylation is 1. The van der Waals surface area contributed by atoms with Crippen molar-refractivity contribution in [2.75, 3.05) is 30.3 Å². The van der Waals surface area contributed by atoms with Gasteiger partial charge in [-0.15, -0.1) is 0 Å². The first-order valence-electron chi connectivity index (χ1n) is 8.15. The summed E-state index contributed by atoms with van der Waals surface area (Å²) in [7, 11) is 0. The van der Waals surface area contributed by atoms with E-state index < -0.39 is 0 Å². The Kier molecular flexibility index (Phi) is 5.79. The fourth-order valence-electron chi connectivity index (χ4n) is 2.76. The molecule has 118 valence electrons. The average Bonchev–Trinajstić information content (AvgIpc) is 2.49. The van der Waals surface area contributed by atoms with Gasteiger partial charge >= 0.3 is 0 Å². The summed E-state index contributed by atoms with van der Waals surface area (Å²) in [4.78, 5) is 11.5. The van der Waals surface area contributed by atoms with Crippen LogP contribution in [0.1, 0.15) is 50.9 Å². The predicted octanol–water partition coefficient (Wildman–Crippen LogP) is 2.72. The maximum Gasteiger partial charge on any atom is 0.137 e. The van der Waals surface area contributed by atoms with E-state index in [1.165, 1.54) is 0 Å². The van der Waals surface area contributed by atoms with Gasteiger partial charge in [0.15, 0.2) is 0 Å². The van der Waals surface area contributed by atoms with Crippen molar-refractivity contribution in [2.45, 2.75) is 59.0 Å². The molecule has 5 nitrogen and oxygen atoms in total. The van der Waals surface area contributed by atoms with E-state index >= 15 is 0 Å². The van der Waals surface area contributed by atoms with Crippen LogP contribution in [0.2, 0.25) is 0 Å². The Morgan fingerprint density at radius 2 is 2.10 bits per heavy atom. The van der Waals surface area contributed by atoms with E-state index in [-0.39, 0.29) is 0 Å². The van der Waals surface area contributed by atoms with Crippen molar-refractivity contribution in [1.82, 2.24) is 9.97 Å². The Labute approximate surface area is 127 Å². The second kappa shape index (κ2) is 7.59. The van der Waals surface area contributed by atoms with Crippen molar-refractivity contribution in [2.24, 2.45) is 0 Å². The zero-order valence-electron chi connectivity index (χ0n) is 13.6. The van der Waals surface area contributed by atoms with Crippen LogP contribution in [0, 0.1) is 6.92 Å². The minimum Gasteiger partial charge on any atom is -0.383 e. The Morgan fingerprint density at radius 3 is 2.81 bits per heavy atom. The van der Waals surface area contributed by atoms with E-state index in [0.29, 0.717) is 11.9 Å². The second-order valence-electron chi connectivity index (χ2n) is 5.80. The van der Waals surface area contributed by atoms with Crippen molar-refractivity contribution >= 4 is 11.6 Å². The lowest BCUT2D eigenvalue weighted by Crippen LogP contribution is -2.41. The van der Waals surface area contributed by atoms with Gasteiger partial charge < -0.3 is 15.4 Å². The topological polar surface area (TPSA) is 64.3 Å². The predicted molar refractivity (Wildman–Crippen MR) is 86.7 cm³/mol. The Hall–Kier alpha value is -1.36. The number of anilines is 2. The molecule has 21 heavy (non-hydrogen) atoms. The molecule has 0 aliphatic carbocycles. The first kappa shape index (κ1) is 16.0. The Bertz CT molecular complexity index is 464. The maximum absolute atomic E-state index is 6.06. The maximum atomic E-state index is 6.06. The number of hydrogen-bond donors (Lipinski definition) is 1. The number of nitrogens with two attached hydrogens (primary N) is 1. The van der Waals surface area contributed by atoms with Crippen LogP contribution >= 0.6 is 0 Å². The van der Waals surface area contributed by atoms with Gasteiger partial charge in [0.05, 0.1) is 6.10 Å². The van der Waals surface area contributed by atoms with Crippen molar-refractivity contribution < 1.29 is 4.74 Å². The molecule has 0 spiro atoms. The summed E-state index contributed by atoms with van der Waals surface area (Å²) in [6.07, 6.45) is 5.56. The number of nitrogens with zero attached hydrogens (tertiary/aromatic N) is 3. The highest BCUT2D eigenvalue weighted by Crippen LogP contribution is 2.26. The number of nitrogen functional groups attached to an aromatic ring is 1. The summed E-state index contributed by atoms with van der Waals surface area (Å²) in [6.45, 7) is 9.06. The number of rotatable bonds is 6. The van der Waals surface area contributed by atoms with Crippen LogP contribution in [0.15, 0.2) is 0 Å². The van der Waals surface area contributed by atoms with Gasteiger partial charge in [0.25, 0.3) is 0 Å². The summed E-state index contributed by atoms with van der Waals surface area (Å²) in [5.74, 6) is 2.46. The molecule has 0 radical (unpaired) electrons. The Morgan fingerprint density at radius 1 is 1.29 bits per heavy atom. The van der Waals surface area contributed by atoms with Gasteiger partial charge in [-0.2, -0.15) is 0 Å². The summed E-state index contributed by atoms with van der Waals surface area (Å²) in [6, 6.07) is 0. The Balaban J connectivity index is 2.15. The summed E-state index contributed by atoms with van der Waals surface area (Å²) in [5.41, 5.74) is 7.06. The second-order valence-corrected chi connectivity index (χ2v) is 5.80. The molecule has 0 aromatic carbocycles. The van der Waals surface area contributed by atoms with E-state index in [0.717, 1.165) is 69.0 Å². The summed E-state index contributed by atoms with van der Waals surface area (Å²) >= 11 is 0. The molecular formula is C16H28N4O. The van der Waals surface area contributed by atoms with Gasteiger partial charge in [0.2, 0.25) is 0 Å². The molecule has 1 unspecified atom stereocenters. The molecule has 2 heterocycles.